The van der Waals surface area contributed by atoms with E-state index in [2.05, 4.69) is 25.2 Å². The molecule has 0 aliphatic carbocycles. The Bertz CT molecular complexity index is 442. The van der Waals surface area contributed by atoms with Gasteiger partial charge < -0.3 is 9.47 Å². The predicted octanol–water partition coefficient (Wildman–Crippen LogP) is 3.14. The summed E-state index contributed by atoms with van der Waals surface area (Å²) in [6.45, 7) is 7.71. The number of nitriles is 1. The molecule has 4 nitrogen and oxygen atoms in total. The summed E-state index contributed by atoms with van der Waals surface area (Å²) in [6.07, 6.45) is 1.93. The Labute approximate surface area is 121 Å². The molecule has 0 spiro atoms. The lowest BCUT2D eigenvalue weighted by Gasteiger charge is -2.24. The zero-order valence-electron chi connectivity index (χ0n) is 12.6. The monoisotopic (exact) mass is 276 g/mol. The number of rotatable bonds is 9. The van der Waals surface area contributed by atoms with Crippen molar-refractivity contribution >= 4 is 0 Å². The molecule has 0 amide bonds. The van der Waals surface area contributed by atoms with E-state index in [9.17, 15) is 5.26 Å². The zero-order chi connectivity index (χ0) is 14.8. The Morgan fingerprint density at radius 3 is 2.35 bits per heavy atom. The molecule has 1 atom stereocenters. The summed E-state index contributed by atoms with van der Waals surface area (Å²) in [7, 11) is 0. The highest BCUT2D eigenvalue weighted by Gasteiger charge is 2.24. The molecule has 0 aromatic heterocycles. The molecule has 0 radical (unpaired) electrons. The van der Waals surface area contributed by atoms with Gasteiger partial charge in [-0.05, 0) is 38.4 Å². The third kappa shape index (κ3) is 5.10. The molecule has 1 rings (SSSR count). The van der Waals surface area contributed by atoms with Crippen molar-refractivity contribution in [2.24, 2.45) is 0 Å². The third-order valence-corrected chi connectivity index (χ3v) is 2.84. The number of nitrogens with zero attached hydrogens (tertiary/aromatic N) is 1. The van der Waals surface area contributed by atoms with Gasteiger partial charge in [0.05, 0.1) is 12.7 Å². The normalized spacial score (nSPS) is 13.3. The Morgan fingerprint density at radius 2 is 1.80 bits per heavy atom. The summed E-state index contributed by atoms with van der Waals surface area (Å²) in [5, 5.41) is 12.5. The van der Waals surface area contributed by atoms with Crippen LogP contribution in [0.4, 0.5) is 0 Å². The number of hydrogen-bond acceptors (Lipinski definition) is 4. The summed E-state index contributed by atoms with van der Waals surface area (Å²) in [5.74, 6) is 1.41. The van der Waals surface area contributed by atoms with Crippen molar-refractivity contribution in [2.75, 3.05) is 19.8 Å². The van der Waals surface area contributed by atoms with Gasteiger partial charge in [0.2, 0.25) is 0 Å². The molecule has 1 unspecified atom stereocenters. The van der Waals surface area contributed by atoms with Gasteiger partial charge in [-0.3, -0.25) is 5.32 Å². The van der Waals surface area contributed by atoms with Gasteiger partial charge >= 0.3 is 0 Å². The van der Waals surface area contributed by atoms with Crippen LogP contribution in [0.15, 0.2) is 24.3 Å². The minimum Gasteiger partial charge on any atom is -0.490 e. The minimum atomic E-state index is -0.687. The van der Waals surface area contributed by atoms with Crippen LogP contribution in [0.3, 0.4) is 0 Å². The lowest BCUT2D eigenvalue weighted by Crippen LogP contribution is -2.46. The molecule has 0 bridgehead atoms. The molecule has 0 aliphatic rings. The molecule has 0 heterocycles. The van der Waals surface area contributed by atoms with Crippen molar-refractivity contribution in [1.82, 2.24) is 5.32 Å². The van der Waals surface area contributed by atoms with Crippen LogP contribution in [0.25, 0.3) is 0 Å². The maximum absolute atomic E-state index is 9.28. The molecule has 20 heavy (non-hydrogen) atoms. The first-order valence-corrected chi connectivity index (χ1v) is 7.16. The topological polar surface area (TPSA) is 54.3 Å². The maximum Gasteiger partial charge on any atom is 0.161 e. The average Bonchev–Trinajstić information content (AvgIpc) is 2.49. The second-order valence-electron chi connectivity index (χ2n) is 4.95. The van der Waals surface area contributed by atoms with Gasteiger partial charge in [0.15, 0.2) is 11.5 Å². The van der Waals surface area contributed by atoms with E-state index >= 15 is 0 Å². The summed E-state index contributed by atoms with van der Waals surface area (Å²) < 4.78 is 11.4. The van der Waals surface area contributed by atoms with E-state index in [1.807, 2.05) is 31.2 Å². The largest absolute Gasteiger partial charge is 0.490 e. The van der Waals surface area contributed by atoms with E-state index in [1.54, 1.807) is 0 Å². The van der Waals surface area contributed by atoms with Crippen LogP contribution in [-0.4, -0.2) is 25.3 Å². The van der Waals surface area contributed by atoms with E-state index in [0.717, 1.165) is 25.1 Å². The molecule has 4 heteroatoms. The molecule has 0 aliphatic heterocycles. The number of nitrogens with one attached hydrogen (secondary N) is 1. The van der Waals surface area contributed by atoms with Gasteiger partial charge in [0, 0.05) is 0 Å². The van der Waals surface area contributed by atoms with Crippen LogP contribution in [0.1, 0.15) is 33.6 Å². The lowest BCUT2D eigenvalue weighted by molar-refractivity contribution is 0.218. The average molecular weight is 276 g/mol. The van der Waals surface area contributed by atoms with Gasteiger partial charge in [-0.1, -0.05) is 26.0 Å². The molecule has 0 fully saturated rings. The van der Waals surface area contributed by atoms with Gasteiger partial charge in [-0.15, -0.1) is 0 Å². The van der Waals surface area contributed by atoms with Crippen molar-refractivity contribution in [2.45, 2.75) is 39.2 Å². The predicted molar refractivity (Wildman–Crippen MR) is 80.0 cm³/mol. The van der Waals surface area contributed by atoms with Gasteiger partial charge in [-0.25, -0.2) is 0 Å². The summed E-state index contributed by atoms with van der Waals surface area (Å²) in [5.41, 5.74) is -0.687. The molecule has 1 aromatic carbocycles. The van der Waals surface area contributed by atoms with E-state index < -0.39 is 5.54 Å². The Kier molecular flexibility index (Phi) is 6.89. The highest BCUT2D eigenvalue weighted by Crippen LogP contribution is 2.27. The second-order valence-corrected chi connectivity index (χ2v) is 4.95. The molecule has 0 saturated carbocycles. The fourth-order valence-electron chi connectivity index (χ4n) is 1.65. The van der Waals surface area contributed by atoms with Crippen LogP contribution in [0, 0.1) is 11.3 Å². The Morgan fingerprint density at radius 1 is 1.15 bits per heavy atom. The van der Waals surface area contributed by atoms with Crippen LogP contribution in [-0.2, 0) is 0 Å². The fourth-order valence-corrected chi connectivity index (χ4v) is 1.65. The SMILES string of the molecule is CCCNC(C)(C#N)COc1ccccc1OCCC. The van der Waals surface area contributed by atoms with E-state index in [0.29, 0.717) is 12.4 Å². The highest BCUT2D eigenvalue weighted by atomic mass is 16.5. The highest BCUT2D eigenvalue weighted by molar-refractivity contribution is 5.39. The molecule has 0 saturated heterocycles. The first-order valence-electron chi connectivity index (χ1n) is 7.16. The van der Waals surface area contributed by atoms with Crippen molar-refractivity contribution < 1.29 is 9.47 Å². The smallest absolute Gasteiger partial charge is 0.161 e. The van der Waals surface area contributed by atoms with E-state index in [4.69, 9.17) is 9.47 Å². The Hall–Kier alpha value is -1.73. The summed E-state index contributed by atoms with van der Waals surface area (Å²) >= 11 is 0. The zero-order valence-corrected chi connectivity index (χ0v) is 12.6. The lowest BCUT2D eigenvalue weighted by atomic mass is 10.1. The van der Waals surface area contributed by atoms with Crippen LogP contribution >= 0.6 is 0 Å². The van der Waals surface area contributed by atoms with Crippen LogP contribution in [0.2, 0.25) is 0 Å². The fraction of sp³-hybridized carbons (Fsp3) is 0.562. The third-order valence-electron chi connectivity index (χ3n) is 2.84. The number of para-hydroxylation sites is 2. The van der Waals surface area contributed by atoms with Gasteiger partial charge in [0.1, 0.15) is 12.1 Å². The van der Waals surface area contributed by atoms with E-state index in [1.165, 1.54) is 0 Å². The standard InChI is InChI=1S/C16H24N2O2/c1-4-10-18-16(3,12-17)13-20-15-9-7-6-8-14(15)19-11-5-2/h6-9,18H,4-5,10-11,13H2,1-3H3. The van der Waals surface area contributed by atoms with Gasteiger partial charge in [-0.2, -0.15) is 5.26 Å². The van der Waals surface area contributed by atoms with Crippen LogP contribution in [0.5, 0.6) is 11.5 Å². The van der Waals surface area contributed by atoms with Crippen molar-refractivity contribution in [3.63, 3.8) is 0 Å². The Balaban J connectivity index is 2.66. The van der Waals surface area contributed by atoms with Crippen molar-refractivity contribution in [1.29, 1.82) is 5.26 Å². The summed E-state index contributed by atoms with van der Waals surface area (Å²) in [4.78, 5) is 0. The van der Waals surface area contributed by atoms with Crippen molar-refractivity contribution in [3.05, 3.63) is 24.3 Å². The molecule has 110 valence electrons. The number of ether oxygens (including phenoxy) is 2. The second kappa shape index (κ2) is 8.44. The van der Waals surface area contributed by atoms with E-state index in [-0.39, 0.29) is 6.61 Å². The molecular formula is C16H24N2O2. The molecule has 1 N–H and O–H groups in total. The first kappa shape index (κ1) is 16.3. The number of hydrogen-bond donors (Lipinski definition) is 1. The molecular weight excluding hydrogens is 252 g/mol. The molecule has 1 aromatic rings. The minimum absolute atomic E-state index is 0.288. The maximum atomic E-state index is 9.28. The quantitative estimate of drug-likeness (QED) is 0.753. The summed E-state index contributed by atoms with van der Waals surface area (Å²) in [6, 6.07) is 9.83. The number of benzene rings is 1. The first-order chi connectivity index (χ1) is 9.65. The van der Waals surface area contributed by atoms with Crippen molar-refractivity contribution in [3.8, 4) is 17.6 Å². The van der Waals surface area contributed by atoms with Crippen LogP contribution < -0.4 is 14.8 Å². The van der Waals surface area contributed by atoms with Gasteiger partial charge in [0.25, 0.3) is 0 Å².